The molecule has 33 heavy (non-hydrogen) atoms. The monoisotopic (exact) mass is 465 g/mol. The van der Waals surface area contributed by atoms with Gasteiger partial charge in [-0.3, -0.25) is 4.90 Å². The van der Waals surface area contributed by atoms with Crippen molar-refractivity contribution < 1.29 is 24.2 Å². The van der Waals surface area contributed by atoms with Gasteiger partial charge in [0, 0.05) is 36.9 Å². The third kappa shape index (κ3) is 3.36. The van der Waals surface area contributed by atoms with Crippen molar-refractivity contribution in [3.63, 3.8) is 0 Å². The Morgan fingerprint density at radius 1 is 1.21 bits per heavy atom. The van der Waals surface area contributed by atoms with Crippen LogP contribution in [0.25, 0.3) is 21.7 Å². The summed E-state index contributed by atoms with van der Waals surface area (Å²) in [4.78, 5) is 28.3. The molecule has 3 saturated heterocycles. The van der Waals surface area contributed by atoms with E-state index in [1.807, 2.05) is 22.4 Å². The molecule has 10 nitrogen and oxygen atoms in total. The number of thiazole rings is 1. The maximum Gasteiger partial charge on any atom is 0.407 e. The van der Waals surface area contributed by atoms with E-state index >= 15 is 0 Å². The first-order chi connectivity index (χ1) is 16.1. The lowest BCUT2D eigenvalue weighted by Gasteiger charge is -2.54. The first-order valence-electron chi connectivity index (χ1n) is 10.4. The van der Waals surface area contributed by atoms with Crippen LogP contribution in [0.1, 0.15) is 12.0 Å². The fourth-order valence-corrected chi connectivity index (χ4v) is 5.13. The van der Waals surface area contributed by atoms with Gasteiger partial charge in [0.1, 0.15) is 5.01 Å². The van der Waals surface area contributed by atoms with E-state index in [4.69, 9.17) is 14.1 Å². The Labute approximate surface area is 191 Å². The molecule has 3 aliphatic heterocycles. The summed E-state index contributed by atoms with van der Waals surface area (Å²) in [6.07, 6.45) is 3.27. The van der Waals surface area contributed by atoms with Crippen LogP contribution in [0.5, 0.6) is 11.6 Å². The number of fused-ring (bicyclic) bond motifs is 3. The second-order valence-corrected chi connectivity index (χ2v) is 8.92. The molecule has 11 heteroatoms. The average Bonchev–Trinajstić information content (AvgIpc) is 3.50. The summed E-state index contributed by atoms with van der Waals surface area (Å²) in [5.41, 5.74) is 2.59. The van der Waals surface area contributed by atoms with E-state index < -0.39 is 6.09 Å². The maximum absolute atomic E-state index is 11.4. The van der Waals surface area contributed by atoms with E-state index in [1.165, 1.54) is 16.2 Å². The number of anilines is 1. The van der Waals surface area contributed by atoms with Gasteiger partial charge in [0.05, 0.1) is 24.3 Å². The lowest BCUT2D eigenvalue weighted by atomic mass is 9.88. The first-order valence-corrected chi connectivity index (χ1v) is 11.3. The summed E-state index contributed by atoms with van der Waals surface area (Å²) in [7, 11) is 0. The van der Waals surface area contributed by atoms with E-state index in [9.17, 15) is 15.0 Å². The highest BCUT2D eigenvalue weighted by molar-refractivity contribution is 7.13. The molecule has 1 amide bonds. The van der Waals surface area contributed by atoms with Gasteiger partial charge in [-0.25, -0.2) is 14.8 Å². The number of pyridine rings is 1. The van der Waals surface area contributed by atoms with Crippen molar-refractivity contribution in [1.82, 2.24) is 19.9 Å². The lowest BCUT2D eigenvalue weighted by Crippen LogP contribution is -2.70. The van der Waals surface area contributed by atoms with Gasteiger partial charge < -0.3 is 24.3 Å². The van der Waals surface area contributed by atoms with Gasteiger partial charge in [-0.2, -0.15) is 4.98 Å². The summed E-state index contributed by atoms with van der Waals surface area (Å²) < 4.78 is 12.2. The molecule has 3 aliphatic rings. The van der Waals surface area contributed by atoms with Crippen LogP contribution in [-0.2, 0) is 6.61 Å². The molecule has 2 unspecified atom stereocenters. The summed E-state index contributed by atoms with van der Waals surface area (Å²) >= 11 is 1.50. The number of rotatable bonds is 5. The second kappa shape index (κ2) is 7.71. The average molecular weight is 465 g/mol. The van der Waals surface area contributed by atoms with Crippen LogP contribution in [0.4, 0.5) is 10.8 Å². The molecular formula is C22H19N5O5S. The Kier molecular flexibility index (Phi) is 4.66. The van der Waals surface area contributed by atoms with Gasteiger partial charge in [-0.05, 0) is 30.2 Å². The molecule has 0 spiro atoms. The Morgan fingerprint density at radius 2 is 2.06 bits per heavy atom. The van der Waals surface area contributed by atoms with Gasteiger partial charge in [-0.1, -0.05) is 0 Å². The zero-order chi connectivity index (χ0) is 22.5. The van der Waals surface area contributed by atoms with Gasteiger partial charge in [0.2, 0.25) is 5.88 Å². The lowest BCUT2D eigenvalue weighted by molar-refractivity contribution is 0.0101. The predicted octanol–water partition coefficient (Wildman–Crippen LogP) is 3.57. The van der Waals surface area contributed by atoms with Gasteiger partial charge in [0.15, 0.2) is 16.8 Å². The number of aromatic nitrogens is 3. The van der Waals surface area contributed by atoms with Crippen LogP contribution in [-0.4, -0.2) is 61.3 Å². The van der Waals surface area contributed by atoms with Crippen LogP contribution < -0.4 is 9.64 Å². The number of hydrogen-bond acceptors (Lipinski definition) is 9. The number of piperazine rings is 1. The number of benzene rings is 1. The highest BCUT2D eigenvalue weighted by Gasteiger charge is 2.48. The number of aliphatic hydroxyl groups is 1. The molecule has 3 aromatic heterocycles. The van der Waals surface area contributed by atoms with Crippen molar-refractivity contribution in [2.24, 2.45) is 0 Å². The zero-order valence-corrected chi connectivity index (χ0v) is 18.1. The van der Waals surface area contributed by atoms with E-state index in [0.717, 1.165) is 17.0 Å². The third-order valence-corrected chi connectivity index (χ3v) is 6.84. The van der Waals surface area contributed by atoms with Crippen molar-refractivity contribution >= 4 is 34.5 Å². The summed E-state index contributed by atoms with van der Waals surface area (Å²) in [5, 5.41) is 21.3. The molecule has 4 aromatic rings. The normalized spacial score (nSPS) is 19.5. The molecule has 0 aliphatic carbocycles. The summed E-state index contributed by atoms with van der Waals surface area (Å²) in [6, 6.07) is 7.44. The third-order valence-electron chi connectivity index (χ3n) is 6.04. The summed E-state index contributed by atoms with van der Waals surface area (Å²) in [6.45, 7) is 0.967. The number of nitrogens with zero attached hydrogens (tertiary/aromatic N) is 5. The topological polar surface area (TPSA) is 125 Å². The molecule has 2 N–H and O–H groups in total. The van der Waals surface area contributed by atoms with Gasteiger partial charge in [0.25, 0.3) is 6.01 Å². The van der Waals surface area contributed by atoms with E-state index in [0.29, 0.717) is 47.4 Å². The molecule has 0 radical (unpaired) electrons. The minimum Gasteiger partial charge on any atom is -0.465 e. The first kappa shape index (κ1) is 19.9. The molecule has 0 saturated carbocycles. The highest BCUT2D eigenvalue weighted by atomic mass is 32.1. The summed E-state index contributed by atoms with van der Waals surface area (Å²) in [5.74, 6) is 0.857. The minimum absolute atomic E-state index is 0.0559. The van der Waals surface area contributed by atoms with Crippen LogP contribution in [0.2, 0.25) is 0 Å². The second-order valence-electron chi connectivity index (χ2n) is 8.03. The van der Waals surface area contributed by atoms with E-state index in [1.54, 1.807) is 24.5 Å². The quantitative estimate of drug-likeness (QED) is 0.455. The van der Waals surface area contributed by atoms with Crippen LogP contribution in [0.15, 0.2) is 46.5 Å². The zero-order valence-electron chi connectivity index (χ0n) is 17.3. The largest absolute Gasteiger partial charge is 0.465 e. The number of hydrogen-bond donors (Lipinski definition) is 2. The van der Waals surface area contributed by atoms with Crippen molar-refractivity contribution in [3.05, 3.63) is 47.6 Å². The van der Waals surface area contributed by atoms with Crippen LogP contribution >= 0.6 is 11.3 Å². The van der Waals surface area contributed by atoms with Gasteiger partial charge >= 0.3 is 6.09 Å². The van der Waals surface area contributed by atoms with Crippen LogP contribution in [0.3, 0.4) is 0 Å². The molecule has 168 valence electrons. The number of ether oxygens (including phenoxy) is 1. The standard InChI is InChI=1S/C22H19N5O5S/c28-11-12-1-4-17(24-8-12)31-16-3-2-15(20-23-5-6-33-20)19-18(16)25-21(32-19)26-9-13-7-14(10-26)27(13)22(29)30/h1-6,8,13-14,28H,7,9-11H2,(H,29,30). The molecule has 2 bridgehead atoms. The fourth-order valence-electron chi connectivity index (χ4n) is 4.47. The van der Waals surface area contributed by atoms with Gasteiger partial charge in [-0.15, -0.1) is 11.3 Å². The number of piperidine rings is 1. The van der Waals surface area contributed by atoms with E-state index in [2.05, 4.69) is 9.97 Å². The predicted molar refractivity (Wildman–Crippen MR) is 120 cm³/mol. The van der Waals surface area contributed by atoms with Crippen molar-refractivity contribution in [3.8, 4) is 22.2 Å². The van der Waals surface area contributed by atoms with Crippen LogP contribution in [0, 0.1) is 0 Å². The maximum atomic E-state index is 11.4. The Bertz CT molecular complexity index is 1310. The molecule has 2 atom stereocenters. The number of aliphatic hydroxyl groups excluding tert-OH is 1. The SMILES string of the molecule is O=C(O)N1C2CC1CN(c1nc3c(Oc4ccc(CO)cn4)ccc(-c4nccs4)c3o1)C2. The smallest absolute Gasteiger partial charge is 0.407 e. The van der Waals surface area contributed by atoms with Crippen molar-refractivity contribution in [2.45, 2.75) is 25.1 Å². The number of amides is 1. The van der Waals surface area contributed by atoms with E-state index in [-0.39, 0.29) is 18.7 Å². The molecule has 6 heterocycles. The molecular weight excluding hydrogens is 446 g/mol. The minimum atomic E-state index is -0.880. The molecule has 3 fully saturated rings. The number of carbonyl (C=O) groups is 1. The Hall–Kier alpha value is -3.70. The van der Waals surface area contributed by atoms with Crippen molar-refractivity contribution in [1.29, 1.82) is 0 Å². The Morgan fingerprint density at radius 3 is 2.73 bits per heavy atom. The number of oxazole rings is 1. The molecule has 7 rings (SSSR count). The fraction of sp³-hybridized carbons (Fsp3) is 0.273. The molecule has 1 aromatic carbocycles. The number of carboxylic acid groups (broad SMARTS) is 1. The highest BCUT2D eigenvalue weighted by Crippen LogP contribution is 2.41. The van der Waals surface area contributed by atoms with Crippen molar-refractivity contribution in [2.75, 3.05) is 18.0 Å². The Balaban J connectivity index is 1.38.